The van der Waals surface area contributed by atoms with Crippen LogP contribution in [0.15, 0.2) is 77.7 Å². The molecule has 0 N–H and O–H groups in total. The van der Waals surface area contributed by atoms with E-state index in [1.165, 1.54) is 12.1 Å². The molecule has 1 aromatic heterocycles. The van der Waals surface area contributed by atoms with Crippen molar-refractivity contribution < 1.29 is 26.8 Å². The minimum absolute atomic E-state index is 0.0504. The van der Waals surface area contributed by atoms with Crippen molar-refractivity contribution in [3.05, 3.63) is 90.5 Å². The number of carbonyl (C=O) groups excluding carboxylic acids is 1. The Morgan fingerprint density at radius 2 is 1.85 bits per heavy atom. The summed E-state index contributed by atoms with van der Waals surface area (Å²) >= 11 is 0. The van der Waals surface area contributed by atoms with E-state index in [9.17, 15) is 17.6 Å². The second-order valence-electron chi connectivity index (χ2n) is 7.89. The third-order valence-electron chi connectivity index (χ3n) is 5.50. The van der Waals surface area contributed by atoms with Gasteiger partial charge in [0, 0.05) is 17.2 Å². The van der Waals surface area contributed by atoms with E-state index in [2.05, 4.69) is 6.58 Å². The van der Waals surface area contributed by atoms with Gasteiger partial charge in [0.1, 0.15) is 29.7 Å². The topological polar surface area (TPSA) is 76.8 Å². The van der Waals surface area contributed by atoms with E-state index in [0.717, 1.165) is 0 Å². The summed E-state index contributed by atoms with van der Waals surface area (Å²) in [5, 5.41) is 0. The van der Waals surface area contributed by atoms with Crippen LogP contribution < -0.4 is 4.74 Å². The molecule has 2 heterocycles. The average molecular weight is 470 g/mol. The van der Waals surface area contributed by atoms with E-state index in [-0.39, 0.29) is 29.8 Å². The van der Waals surface area contributed by atoms with Gasteiger partial charge in [-0.1, -0.05) is 12.7 Å². The van der Waals surface area contributed by atoms with Crippen LogP contribution in [0.1, 0.15) is 22.5 Å². The standard InChI is InChI=1S/C25H24FNO5S/c1-2-14-31-22-9-5-19(6-10-22)25(28)27(21-13-15-33(29,30)17-21)16-23-11-12-24(32-23)18-3-7-20(26)8-4-18/h2-12,21H,1,13-17H2/t21-/m0/s1. The van der Waals surface area contributed by atoms with E-state index >= 15 is 0 Å². The molecule has 2 aromatic carbocycles. The number of rotatable bonds is 8. The maximum Gasteiger partial charge on any atom is 0.254 e. The molecule has 1 saturated heterocycles. The van der Waals surface area contributed by atoms with Crippen LogP contribution in [-0.4, -0.2) is 43.4 Å². The first kappa shape index (κ1) is 22.8. The normalized spacial score (nSPS) is 16.9. The zero-order valence-electron chi connectivity index (χ0n) is 17.9. The number of hydrogen-bond donors (Lipinski definition) is 0. The number of amides is 1. The average Bonchev–Trinajstić information content (AvgIpc) is 3.42. The highest BCUT2D eigenvalue weighted by atomic mass is 32.2. The van der Waals surface area contributed by atoms with Gasteiger partial charge >= 0.3 is 0 Å². The van der Waals surface area contributed by atoms with Crippen LogP contribution in [0.4, 0.5) is 4.39 Å². The van der Waals surface area contributed by atoms with Crippen LogP contribution in [0, 0.1) is 5.82 Å². The lowest BCUT2D eigenvalue weighted by Crippen LogP contribution is -2.40. The molecule has 3 aromatic rings. The Morgan fingerprint density at radius 3 is 2.48 bits per heavy atom. The minimum atomic E-state index is -3.20. The molecule has 1 aliphatic rings. The van der Waals surface area contributed by atoms with Crippen molar-refractivity contribution in [3.63, 3.8) is 0 Å². The lowest BCUT2D eigenvalue weighted by molar-refractivity contribution is 0.0666. The summed E-state index contributed by atoms with van der Waals surface area (Å²) in [5.41, 5.74) is 1.13. The van der Waals surface area contributed by atoms with Crippen LogP contribution in [0.3, 0.4) is 0 Å². The molecule has 0 radical (unpaired) electrons. The van der Waals surface area contributed by atoms with Crippen molar-refractivity contribution >= 4 is 15.7 Å². The third-order valence-corrected chi connectivity index (χ3v) is 7.25. The van der Waals surface area contributed by atoms with E-state index in [1.54, 1.807) is 59.5 Å². The van der Waals surface area contributed by atoms with Gasteiger partial charge in [-0.2, -0.15) is 0 Å². The Kier molecular flexibility index (Phi) is 6.65. The lowest BCUT2D eigenvalue weighted by atomic mass is 10.1. The molecule has 0 spiro atoms. The second-order valence-corrected chi connectivity index (χ2v) is 10.1. The van der Waals surface area contributed by atoms with Gasteiger partial charge in [0.2, 0.25) is 0 Å². The first-order valence-corrected chi connectivity index (χ1v) is 12.4. The van der Waals surface area contributed by atoms with Gasteiger partial charge in [-0.25, -0.2) is 12.8 Å². The fourth-order valence-electron chi connectivity index (χ4n) is 3.80. The number of sulfone groups is 1. The first-order chi connectivity index (χ1) is 15.8. The maximum absolute atomic E-state index is 13.4. The quantitative estimate of drug-likeness (QED) is 0.455. The number of hydrogen-bond acceptors (Lipinski definition) is 5. The fourth-order valence-corrected chi connectivity index (χ4v) is 5.53. The summed E-state index contributed by atoms with van der Waals surface area (Å²) < 4.78 is 48.8. The number of benzene rings is 2. The molecule has 0 bridgehead atoms. The molecule has 0 aliphatic carbocycles. The smallest absolute Gasteiger partial charge is 0.254 e. The Morgan fingerprint density at radius 1 is 1.12 bits per heavy atom. The van der Waals surface area contributed by atoms with Crippen LogP contribution in [-0.2, 0) is 16.4 Å². The summed E-state index contributed by atoms with van der Waals surface area (Å²) in [5.74, 6) is 1.01. The van der Waals surface area contributed by atoms with Gasteiger partial charge in [-0.05, 0) is 67.1 Å². The molecule has 1 amide bonds. The lowest BCUT2D eigenvalue weighted by Gasteiger charge is -2.27. The molecule has 172 valence electrons. The van der Waals surface area contributed by atoms with Crippen molar-refractivity contribution in [3.8, 4) is 17.1 Å². The monoisotopic (exact) mass is 469 g/mol. The van der Waals surface area contributed by atoms with Crippen molar-refractivity contribution in [1.29, 1.82) is 0 Å². The van der Waals surface area contributed by atoms with E-state index < -0.39 is 15.9 Å². The van der Waals surface area contributed by atoms with Gasteiger partial charge < -0.3 is 14.1 Å². The molecule has 0 saturated carbocycles. The Balaban J connectivity index is 1.57. The number of halogens is 1. The van der Waals surface area contributed by atoms with Crippen molar-refractivity contribution in [2.45, 2.75) is 19.0 Å². The predicted molar refractivity (Wildman–Crippen MR) is 123 cm³/mol. The van der Waals surface area contributed by atoms with Gasteiger partial charge in [-0.3, -0.25) is 4.79 Å². The fraction of sp³-hybridized carbons (Fsp3) is 0.240. The highest BCUT2D eigenvalue weighted by molar-refractivity contribution is 7.91. The molecule has 33 heavy (non-hydrogen) atoms. The van der Waals surface area contributed by atoms with E-state index in [1.807, 2.05) is 0 Å². The highest BCUT2D eigenvalue weighted by Gasteiger charge is 2.35. The molecular formula is C25H24FNO5S. The van der Waals surface area contributed by atoms with Crippen molar-refractivity contribution in [2.75, 3.05) is 18.1 Å². The summed E-state index contributed by atoms with van der Waals surface area (Å²) in [7, 11) is -3.20. The van der Waals surface area contributed by atoms with Crippen LogP contribution in [0.2, 0.25) is 0 Å². The zero-order valence-corrected chi connectivity index (χ0v) is 18.8. The number of furan rings is 1. The van der Waals surface area contributed by atoms with Crippen LogP contribution >= 0.6 is 0 Å². The SMILES string of the molecule is C=CCOc1ccc(C(=O)N(Cc2ccc(-c3ccc(F)cc3)o2)[C@H]2CCS(=O)(=O)C2)cc1. The first-order valence-electron chi connectivity index (χ1n) is 10.5. The molecule has 4 rings (SSSR count). The predicted octanol–water partition coefficient (Wildman–Crippen LogP) is 4.48. The molecule has 1 aliphatic heterocycles. The molecule has 0 unspecified atom stereocenters. The highest BCUT2D eigenvalue weighted by Crippen LogP contribution is 2.27. The Hall–Kier alpha value is -3.39. The summed E-state index contributed by atoms with van der Waals surface area (Å²) in [6, 6.07) is 15.7. The minimum Gasteiger partial charge on any atom is -0.490 e. The van der Waals surface area contributed by atoms with Crippen LogP contribution in [0.25, 0.3) is 11.3 Å². The third kappa shape index (κ3) is 5.51. The molecule has 1 atom stereocenters. The maximum atomic E-state index is 13.4. The van der Waals surface area contributed by atoms with Gasteiger partial charge in [0.25, 0.3) is 5.91 Å². The number of carbonyl (C=O) groups is 1. The second kappa shape index (κ2) is 9.62. The van der Waals surface area contributed by atoms with Crippen molar-refractivity contribution in [1.82, 2.24) is 4.90 Å². The van der Waals surface area contributed by atoms with E-state index in [0.29, 0.717) is 41.4 Å². The molecule has 6 nitrogen and oxygen atoms in total. The number of ether oxygens (including phenoxy) is 1. The Bertz CT molecular complexity index is 1230. The molecule has 8 heteroatoms. The number of nitrogens with zero attached hydrogens (tertiary/aromatic N) is 1. The van der Waals surface area contributed by atoms with Crippen molar-refractivity contribution in [2.24, 2.45) is 0 Å². The van der Waals surface area contributed by atoms with E-state index in [4.69, 9.17) is 9.15 Å². The Labute approximate surface area is 192 Å². The zero-order chi connectivity index (χ0) is 23.4. The van der Waals surface area contributed by atoms with Crippen LogP contribution in [0.5, 0.6) is 5.75 Å². The summed E-state index contributed by atoms with van der Waals surface area (Å²) in [4.78, 5) is 14.9. The summed E-state index contributed by atoms with van der Waals surface area (Å²) in [6.07, 6.45) is 2.00. The molecule has 1 fully saturated rings. The summed E-state index contributed by atoms with van der Waals surface area (Å²) in [6.45, 7) is 4.08. The largest absolute Gasteiger partial charge is 0.490 e. The van der Waals surface area contributed by atoms with Gasteiger partial charge in [0.05, 0.1) is 18.1 Å². The van der Waals surface area contributed by atoms with Gasteiger partial charge in [0.15, 0.2) is 9.84 Å². The van der Waals surface area contributed by atoms with Gasteiger partial charge in [-0.15, -0.1) is 0 Å². The molecular weight excluding hydrogens is 445 g/mol.